The average molecular weight is 520 g/mol. The zero-order valence-electron chi connectivity index (χ0n) is 21.0. The van der Waals surface area contributed by atoms with Crippen LogP contribution in [0.2, 0.25) is 0 Å². The summed E-state index contributed by atoms with van der Waals surface area (Å²) in [6.45, 7) is 6.36. The molecule has 4 rings (SSSR count). The van der Waals surface area contributed by atoms with Crippen molar-refractivity contribution in [3.63, 3.8) is 0 Å². The number of carbonyl (C=O) groups is 4. The summed E-state index contributed by atoms with van der Waals surface area (Å²) in [5.41, 5.74) is 5.62. The summed E-state index contributed by atoms with van der Waals surface area (Å²) < 4.78 is 0. The van der Waals surface area contributed by atoms with E-state index in [9.17, 15) is 24.3 Å². The minimum atomic E-state index is -1.28. The van der Waals surface area contributed by atoms with Gasteiger partial charge in [-0.05, 0) is 73.0 Å². The molecule has 9 heteroatoms. The molecule has 8 nitrogen and oxygen atoms in total. The molecule has 1 aromatic heterocycles. The van der Waals surface area contributed by atoms with Gasteiger partial charge in [0.2, 0.25) is 0 Å². The molecule has 1 aliphatic heterocycles. The van der Waals surface area contributed by atoms with Crippen molar-refractivity contribution in [3.05, 3.63) is 91.7 Å². The van der Waals surface area contributed by atoms with Crippen LogP contribution in [0.1, 0.15) is 58.2 Å². The SMILES string of the molecule is Cc1ccc(C(=O)N2CCc3c(cc(C)c(C(=O)N[C@@H](CNC(=O)c4cccs4)C(=O)O)c3C)C2)cc1. The third-order valence-electron chi connectivity index (χ3n) is 6.62. The smallest absolute Gasteiger partial charge is 0.328 e. The Hall–Kier alpha value is -3.98. The normalized spacial score (nSPS) is 13.4. The van der Waals surface area contributed by atoms with Gasteiger partial charge in [0.1, 0.15) is 6.04 Å². The van der Waals surface area contributed by atoms with E-state index in [0.29, 0.717) is 41.1 Å². The number of benzene rings is 2. The Morgan fingerprint density at radius 2 is 1.78 bits per heavy atom. The predicted octanol–water partition coefficient (Wildman–Crippen LogP) is 3.48. The van der Waals surface area contributed by atoms with Gasteiger partial charge in [-0.15, -0.1) is 11.3 Å². The molecule has 3 N–H and O–H groups in total. The van der Waals surface area contributed by atoms with E-state index in [1.54, 1.807) is 24.4 Å². The monoisotopic (exact) mass is 519 g/mol. The summed E-state index contributed by atoms with van der Waals surface area (Å²) in [5.74, 6) is -2.16. The van der Waals surface area contributed by atoms with Gasteiger partial charge in [0.05, 0.1) is 4.88 Å². The van der Waals surface area contributed by atoms with Crippen LogP contribution in [-0.2, 0) is 17.8 Å². The largest absolute Gasteiger partial charge is 0.480 e. The lowest BCUT2D eigenvalue weighted by Gasteiger charge is -2.31. The van der Waals surface area contributed by atoms with Gasteiger partial charge in [-0.2, -0.15) is 0 Å². The highest BCUT2D eigenvalue weighted by Gasteiger charge is 2.28. The molecule has 0 radical (unpaired) electrons. The summed E-state index contributed by atoms with van der Waals surface area (Å²) in [6, 6.07) is 11.5. The van der Waals surface area contributed by atoms with Crippen LogP contribution in [0.4, 0.5) is 0 Å². The third-order valence-corrected chi connectivity index (χ3v) is 7.49. The maximum Gasteiger partial charge on any atom is 0.328 e. The van der Waals surface area contributed by atoms with Crippen molar-refractivity contribution in [1.82, 2.24) is 15.5 Å². The number of fused-ring (bicyclic) bond motifs is 1. The molecule has 0 bridgehead atoms. The molecular formula is C28H29N3O5S. The Balaban J connectivity index is 1.48. The predicted molar refractivity (Wildman–Crippen MR) is 141 cm³/mol. The van der Waals surface area contributed by atoms with Crippen molar-refractivity contribution in [2.45, 2.75) is 39.8 Å². The lowest BCUT2D eigenvalue weighted by atomic mass is 9.88. The van der Waals surface area contributed by atoms with Gasteiger partial charge in [-0.3, -0.25) is 14.4 Å². The van der Waals surface area contributed by atoms with E-state index in [2.05, 4.69) is 10.6 Å². The van der Waals surface area contributed by atoms with Crippen LogP contribution in [0.15, 0.2) is 47.8 Å². The van der Waals surface area contributed by atoms with Crippen LogP contribution in [0, 0.1) is 20.8 Å². The molecule has 0 saturated carbocycles. The maximum absolute atomic E-state index is 13.2. The van der Waals surface area contributed by atoms with Gasteiger partial charge in [-0.1, -0.05) is 29.8 Å². The molecule has 0 unspecified atom stereocenters. The number of carboxylic acids is 1. The molecule has 0 aliphatic carbocycles. The number of amides is 3. The minimum absolute atomic E-state index is 0.0309. The first-order chi connectivity index (χ1) is 17.7. The number of aliphatic carboxylic acids is 1. The van der Waals surface area contributed by atoms with Crippen molar-refractivity contribution in [3.8, 4) is 0 Å². The van der Waals surface area contributed by atoms with E-state index in [-0.39, 0.29) is 18.4 Å². The standard InChI is InChI=1S/C28H29N3O5S/c1-16-6-8-19(9-7-16)27(34)31-11-10-21-18(3)24(17(2)13-20(21)15-31)26(33)30-22(28(35)36)14-29-25(32)23-5-4-12-37-23/h4-9,12-13,22H,10-11,14-15H2,1-3H3,(H,29,32)(H,30,33)(H,35,36)/t22-/m0/s1. The van der Waals surface area contributed by atoms with Crippen LogP contribution in [0.3, 0.4) is 0 Å². The lowest BCUT2D eigenvalue weighted by molar-refractivity contribution is -0.139. The van der Waals surface area contributed by atoms with Crippen molar-refractivity contribution in [2.24, 2.45) is 0 Å². The molecule has 3 amide bonds. The number of hydrogen-bond acceptors (Lipinski definition) is 5. The van der Waals surface area contributed by atoms with Gasteiger partial charge in [-0.25, -0.2) is 4.79 Å². The molecule has 0 spiro atoms. The molecule has 192 valence electrons. The second-order valence-corrected chi connectivity index (χ2v) is 10.2. The van der Waals surface area contributed by atoms with Crippen molar-refractivity contribution in [2.75, 3.05) is 13.1 Å². The fourth-order valence-electron chi connectivity index (χ4n) is 4.65. The van der Waals surface area contributed by atoms with Crippen molar-refractivity contribution >= 4 is 35.0 Å². The van der Waals surface area contributed by atoms with Crippen molar-refractivity contribution in [1.29, 1.82) is 0 Å². The van der Waals surface area contributed by atoms with Gasteiger partial charge in [0.25, 0.3) is 17.7 Å². The summed E-state index contributed by atoms with van der Waals surface area (Å²) in [4.78, 5) is 52.5. The van der Waals surface area contributed by atoms with E-state index in [1.165, 1.54) is 11.3 Å². The lowest BCUT2D eigenvalue weighted by Crippen LogP contribution is -2.48. The van der Waals surface area contributed by atoms with Crippen LogP contribution in [0.5, 0.6) is 0 Å². The van der Waals surface area contributed by atoms with E-state index in [0.717, 1.165) is 22.3 Å². The van der Waals surface area contributed by atoms with Gasteiger partial charge < -0.3 is 20.6 Å². The van der Waals surface area contributed by atoms with Crippen LogP contribution in [-0.4, -0.2) is 52.8 Å². The number of carbonyl (C=O) groups excluding carboxylic acids is 3. The number of nitrogens with zero attached hydrogens (tertiary/aromatic N) is 1. The zero-order chi connectivity index (χ0) is 26.7. The topological polar surface area (TPSA) is 116 Å². The summed E-state index contributed by atoms with van der Waals surface area (Å²) >= 11 is 1.25. The van der Waals surface area contributed by atoms with Crippen LogP contribution >= 0.6 is 11.3 Å². The fraction of sp³-hybridized carbons (Fsp3) is 0.286. The first kappa shape index (κ1) is 26.1. The Morgan fingerprint density at radius 1 is 1.05 bits per heavy atom. The molecule has 0 saturated heterocycles. The number of carboxylic acid groups (broad SMARTS) is 1. The quantitative estimate of drug-likeness (QED) is 0.442. The maximum atomic E-state index is 13.2. The Bertz CT molecular complexity index is 1350. The molecular weight excluding hydrogens is 490 g/mol. The van der Waals surface area contributed by atoms with Crippen LogP contribution < -0.4 is 10.6 Å². The molecule has 1 atom stereocenters. The molecule has 37 heavy (non-hydrogen) atoms. The molecule has 0 fully saturated rings. The first-order valence-corrected chi connectivity index (χ1v) is 12.9. The van der Waals surface area contributed by atoms with E-state index in [4.69, 9.17) is 0 Å². The Kier molecular flexibility index (Phi) is 7.73. The van der Waals surface area contributed by atoms with Gasteiger partial charge >= 0.3 is 5.97 Å². The van der Waals surface area contributed by atoms with E-state index < -0.39 is 17.9 Å². The van der Waals surface area contributed by atoms with E-state index >= 15 is 0 Å². The number of aryl methyl sites for hydroxylation is 2. The molecule has 3 aromatic rings. The highest BCUT2D eigenvalue weighted by molar-refractivity contribution is 7.12. The minimum Gasteiger partial charge on any atom is -0.480 e. The average Bonchev–Trinajstić information content (AvgIpc) is 3.41. The Labute approximate surface area is 219 Å². The summed E-state index contributed by atoms with van der Waals surface area (Å²) in [5, 5.41) is 16.5. The Morgan fingerprint density at radius 3 is 2.43 bits per heavy atom. The molecule has 1 aliphatic rings. The highest BCUT2D eigenvalue weighted by atomic mass is 32.1. The van der Waals surface area contributed by atoms with Gasteiger partial charge in [0.15, 0.2) is 0 Å². The number of thiophene rings is 1. The zero-order valence-corrected chi connectivity index (χ0v) is 21.8. The van der Waals surface area contributed by atoms with Crippen LogP contribution in [0.25, 0.3) is 0 Å². The second-order valence-electron chi connectivity index (χ2n) is 9.23. The van der Waals surface area contributed by atoms with Gasteiger partial charge in [0, 0.05) is 30.8 Å². The fourth-order valence-corrected chi connectivity index (χ4v) is 5.29. The number of nitrogens with one attached hydrogen (secondary N) is 2. The summed E-state index contributed by atoms with van der Waals surface area (Å²) in [7, 11) is 0. The second kappa shape index (κ2) is 11.0. The highest BCUT2D eigenvalue weighted by Crippen LogP contribution is 2.28. The number of hydrogen-bond donors (Lipinski definition) is 3. The molecule has 2 heterocycles. The number of rotatable bonds is 7. The first-order valence-electron chi connectivity index (χ1n) is 12.0. The van der Waals surface area contributed by atoms with Crippen molar-refractivity contribution < 1.29 is 24.3 Å². The van der Waals surface area contributed by atoms with E-state index in [1.807, 2.05) is 49.1 Å². The third kappa shape index (κ3) is 5.72. The summed E-state index contributed by atoms with van der Waals surface area (Å²) in [6.07, 6.45) is 0.596. The molecule has 2 aromatic carbocycles.